The predicted molar refractivity (Wildman–Crippen MR) is 67.5 cm³/mol. The number of nitrogens with one attached hydrogen (secondary N) is 2. The average molecular weight is 250 g/mol. The van der Waals surface area contributed by atoms with E-state index in [1.54, 1.807) is 19.2 Å². The van der Waals surface area contributed by atoms with Gasteiger partial charge < -0.3 is 15.4 Å². The quantitative estimate of drug-likeness (QED) is 0.696. The second-order valence-electron chi connectivity index (χ2n) is 4.33. The summed E-state index contributed by atoms with van der Waals surface area (Å²) in [6.07, 6.45) is 2.61. The van der Waals surface area contributed by atoms with Crippen LogP contribution in [0.5, 0.6) is 0 Å². The number of amides is 1. The number of hydrogen-bond donors (Lipinski definition) is 2. The molecule has 1 aromatic heterocycles. The lowest BCUT2D eigenvalue weighted by atomic mass is 10.3. The first-order valence-electron chi connectivity index (χ1n) is 6.17. The van der Waals surface area contributed by atoms with Crippen LogP contribution in [0.2, 0.25) is 0 Å². The third kappa shape index (κ3) is 3.96. The van der Waals surface area contributed by atoms with Crippen molar-refractivity contribution in [1.82, 2.24) is 15.5 Å². The van der Waals surface area contributed by atoms with Crippen molar-refractivity contribution >= 4 is 11.7 Å². The van der Waals surface area contributed by atoms with Crippen molar-refractivity contribution in [3.8, 4) is 0 Å². The summed E-state index contributed by atoms with van der Waals surface area (Å²) in [4.78, 5) is 11.2. The molecule has 0 aromatic carbocycles. The van der Waals surface area contributed by atoms with Gasteiger partial charge in [0.1, 0.15) is 5.82 Å². The summed E-state index contributed by atoms with van der Waals surface area (Å²) in [7, 11) is 1.56. The minimum Gasteiger partial charge on any atom is -0.379 e. The zero-order valence-corrected chi connectivity index (χ0v) is 10.5. The minimum atomic E-state index is -0.234. The lowest BCUT2D eigenvalue weighted by Crippen LogP contribution is -2.20. The van der Waals surface area contributed by atoms with E-state index in [1.807, 2.05) is 0 Å². The van der Waals surface area contributed by atoms with Crippen LogP contribution < -0.4 is 10.6 Å². The van der Waals surface area contributed by atoms with E-state index in [4.69, 9.17) is 4.74 Å². The van der Waals surface area contributed by atoms with E-state index >= 15 is 0 Å². The molecule has 1 amide bonds. The van der Waals surface area contributed by atoms with Gasteiger partial charge in [-0.15, -0.1) is 10.2 Å². The van der Waals surface area contributed by atoms with E-state index in [0.29, 0.717) is 24.7 Å². The van der Waals surface area contributed by atoms with Crippen LogP contribution in [0.25, 0.3) is 0 Å². The normalized spacial score (nSPS) is 14.3. The Morgan fingerprint density at radius 1 is 1.44 bits per heavy atom. The highest BCUT2D eigenvalue weighted by Crippen LogP contribution is 2.28. The molecular formula is C12H18N4O2. The summed E-state index contributed by atoms with van der Waals surface area (Å²) in [5.41, 5.74) is 0.313. The molecule has 18 heavy (non-hydrogen) atoms. The first kappa shape index (κ1) is 12.8. The molecule has 6 nitrogen and oxygen atoms in total. The van der Waals surface area contributed by atoms with Crippen molar-refractivity contribution in [2.75, 3.05) is 32.1 Å². The van der Waals surface area contributed by atoms with E-state index in [0.717, 1.165) is 12.5 Å². The molecule has 0 aliphatic heterocycles. The van der Waals surface area contributed by atoms with Crippen molar-refractivity contribution in [3.63, 3.8) is 0 Å². The van der Waals surface area contributed by atoms with Gasteiger partial charge in [0.05, 0.1) is 6.61 Å². The zero-order chi connectivity index (χ0) is 12.8. The van der Waals surface area contributed by atoms with Gasteiger partial charge in [-0.2, -0.15) is 0 Å². The van der Waals surface area contributed by atoms with Crippen molar-refractivity contribution in [2.24, 2.45) is 5.92 Å². The Balaban J connectivity index is 1.67. The second kappa shape index (κ2) is 6.30. The summed E-state index contributed by atoms with van der Waals surface area (Å²) < 4.78 is 5.48. The fraction of sp³-hybridized carbons (Fsp3) is 0.583. The molecule has 0 radical (unpaired) electrons. The van der Waals surface area contributed by atoms with Crippen molar-refractivity contribution < 1.29 is 9.53 Å². The van der Waals surface area contributed by atoms with Crippen LogP contribution >= 0.6 is 0 Å². The second-order valence-corrected chi connectivity index (χ2v) is 4.33. The number of aromatic nitrogens is 2. The maximum Gasteiger partial charge on any atom is 0.271 e. The number of nitrogens with zero attached hydrogens (tertiary/aromatic N) is 2. The largest absolute Gasteiger partial charge is 0.379 e. The first-order valence-corrected chi connectivity index (χ1v) is 6.17. The number of anilines is 1. The molecule has 0 saturated heterocycles. The molecule has 1 heterocycles. The molecule has 6 heteroatoms. The summed E-state index contributed by atoms with van der Waals surface area (Å²) >= 11 is 0. The van der Waals surface area contributed by atoms with Gasteiger partial charge in [0.15, 0.2) is 5.69 Å². The maximum atomic E-state index is 11.2. The summed E-state index contributed by atoms with van der Waals surface area (Å²) in [6.45, 7) is 2.22. The molecule has 0 atom stereocenters. The van der Waals surface area contributed by atoms with Gasteiger partial charge in [-0.05, 0) is 30.9 Å². The SMILES string of the molecule is CNC(=O)c1ccc(NCCOCC2CC2)nn1. The van der Waals surface area contributed by atoms with Gasteiger partial charge in [0.2, 0.25) is 0 Å². The average Bonchev–Trinajstić information content (AvgIpc) is 3.22. The molecule has 1 aliphatic rings. The summed E-state index contributed by atoms with van der Waals surface area (Å²) in [5, 5.41) is 13.3. The zero-order valence-electron chi connectivity index (χ0n) is 10.5. The van der Waals surface area contributed by atoms with Gasteiger partial charge in [-0.3, -0.25) is 4.79 Å². The van der Waals surface area contributed by atoms with E-state index in [1.165, 1.54) is 12.8 Å². The standard InChI is InChI=1S/C12H18N4O2/c1-13-12(17)10-4-5-11(16-15-10)14-6-7-18-8-9-2-3-9/h4-5,9H,2-3,6-8H2,1H3,(H,13,17)(H,14,16). The lowest BCUT2D eigenvalue weighted by Gasteiger charge is -2.06. The summed E-state index contributed by atoms with van der Waals surface area (Å²) in [5.74, 6) is 1.20. The van der Waals surface area contributed by atoms with E-state index in [2.05, 4.69) is 20.8 Å². The molecule has 1 aliphatic carbocycles. The van der Waals surface area contributed by atoms with Crippen LogP contribution in [-0.2, 0) is 4.74 Å². The predicted octanol–water partition coefficient (Wildman–Crippen LogP) is 0.675. The maximum absolute atomic E-state index is 11.2. The van der Waals surface area contributed by atoms with Gasteiger partial charge in [0, 0.05) is 20.2 Å². The van der Waals surface area contributed by atoms with Gasteiger partial charge >= 0.3 is 0 Å². The number of carbonyl (C=O) groups excluding carboxylic acids is 1. The fourth-order valence-electron chi connectivity index (χ4n) is 1.46. The van der Waals surface area contributed by atoms with Crippen LogP contribution in [0.3, 0.4) is 0 Å². The van der Waals surface area contributed by atoms with Crippen molar-refractivity contribution in [3.05, 3.63) is 17.8 Å². The monoisotopic (exact) mass is 250 g/mol. The Morgan fingerprint density at radius 2 is 2.28 bits per heavy atom. The third-order valence-corrected chi connectivity index (χ3v) is 2.73. The molecule has 0 spiro atoms. The molecule has 1 aromatic rings. The lowest BCUT2D eigenvalue weighted by molar-refractivity contribution is 0.0957. The van der Waals surface area contributed by atoms with E-state index in [9.17, 15) is 4.79 Å². The highest BCUT2D eigenvalue weighted by atomic mass is 16.5. The van der Waals surface area contributed by atoms with Crippen molar-refractivity contribution in [2.45, 2.75) is 12.8 Å². The summed E-state index contributed by atoms with van der Waals surface area (Å²) in [6, 6.07) is 3.37. The molecule has 2 rings (SSSR count). The van der Waals surface area contributed by atoms with Gasteiger partial charge in [0.25, 0.3) is 5.91 Å². The Bertz CT molecular complexity index is 390. The molecule has 2 N–H and O–H groups in total. The van der Waals surface area contributed by atoms with E-state index in [-0.39, 0.29) is 5.91 Å². The highest BCUT2D eigenvalue weighted by molar-refractivity contribution is 5.91. The fourth-order valence-corrected chi connectivity index (χ4v) is 1.46. The molecular weight excluding hydrogens is 232 g/mol. The smallest absolute Gasteiger partial charge is 0.271 e. The number of ether oxygens (including phenoxy) is 1. The van der Waals surface area contributed by atoms with Gasteiger partial charge in [-0.25, -0.2) is 0 Å². The Labute approximate surface area is 106 Å². The number of carbonyl (C=O) groups is 1. The van der Waals surface area contributed by atoms with E-state index < -0.39 is 0 Å². The Morgan fingerprint density at radius 3 is 2.89 bits per heavy atom. The highest BCUT2D eigenvalue weighted by Gasteiger charge is 2.20. The first-order chi connectivity index (χ1) is 8.79. The van der Waals surface area contributed by atoms with Crippen LogP contribution in [0.15, 0.2) is 12.1 Å². The van der Waals surface area contributed by atoms with Crippen molar-refractivity contribution in [1.29, 1.82) is 0 Å². The third-order valence-electron chi connectivity index (χ3n) is 2.73. The van der Waals surface area contributed by atoms with Crippen LogP contribution in [0.4, 0.5) is 5.82 Å². The van der Waals surface area contributed by atoms with Crippen LogP contribution in [-0.4, -0.2) is 42.9 Å². The molecule has 0 bridgehead atoms. The van der Waals surface area contributed by atoms with Crippen LogP contribution in [0.1, 0.15) is 23.3 Å². The number of rotatable bonds is 7. The topological polar surface area (TPSA) is 76.1 Å². The molecule has 0 unspecified atom stereocenters. The van der Waals surface area contributed by atoms with Crippen LogP contribution in [0, 0.1) is 5.92 Å². The van der Waals surface area contributed by atoms with Gasteiger partial charge in [-0.1, -0.05) is 0 Å². The number of hydrogen-bond acceptors (Lipinski definition) is 5. The molecule has 98 valence electrons. The molecule has 1 saturated carbocycles. The Kier molecular flexibility index (Phi) is 4.46. The Hall–Kier alpha value is -1.69. The minimum absolute atomic E-state index is 0.234. The molecule has 1 fully saturated rings.